The van der Waals surface area contributed by atoms with Gasteiger partial charge in [-0.05, 0) is 43.8 Å². The number of ether oxygens (including phenoxy) is 1. The lowest BCUT2D eigenvalue weighted by Crippen LogP contribution is -2.36. The molecule has 0 amide bonds. The quantitative estimate of drug-likeness (QED) is 0.415. The van der Waals surface area contributed by atoms with Gasteiger partial charge in [-0.15, -0.1) is 12.4 Å². The van der Waals surface area contributed by atoms with Gasteiger partial charge in [-0.3, -0.25) is 9.69 Å². The molecule has 4 nitrogen and oxygen atoms in total. The van der Waals surface area contributed by atoms with Crippen molar-refractivity contribution in [3.63, 3.8) is 0 Å². The second kappa shape index (κ2) is 11.4. The minimum atomic E-state index is -0.274. The highest BCUT2D eigenvalue weighted by Crippen LogP contribution is 2.33. The van der Waals surface area contributed by atoms with Crippen molar-refractivity contribution in [2.24, 2.45) is 0 Å². The number of hydrogen-bond acceptors (Lipinski definition) is 4. The second-order valence-corrected chi connectivity index (χ2v) is 6.68. The predicted octanol–water partition coefficient (Wildman–Crippen LogP) is 5.93. The molecule has 0 saturated carbocycles. The van der Waals surface area contributed by atoms with Gasteiger partial charge >= 0.3 is 5.97 Å². The number of rotatable bonds is 8. The van der Waals surface area contributed by atoms with Crippen molar-refractivity contribution in [3.05, 3.63) is 58.1 Å². The molecule has 0 aliphatic carbocycles. The number of esters is 1. The van der Waals surface area contributed by atoms with E-state index in [1.807, 2.05) is 45.0 Å². The van der Waals surface area contributed by atoms with Crippen molar-refractivity contribution in [2.45, 2.75) is 33.4 Å². The molecule has 27 heavy (non-hydrogen) atoms. The Bertz CT molecular complexity index is 732. The summed E-state index contributed by atoms with van der Waals surface area (Å²) in [6.07, 6.45) is -0.0905. The molecule has 1 unspecified atom stereocenters. The molecule has 1 atom stereocenters. The van der Waals surface area contributed by atoms with Gasteiger partial charge in [0.15, 0.2) is 6.23 Å². The molecule has 0 aliphatic heterocycles. The van der Waals surface area contributed by atoms with Crippen LogP contribution in [0.4, 0.5) is 11.4 Å². The molecule has 2 aromatic rings. The summed E-state index contributed by atoms with van der Waals surface area (Å²) in [5.41, 5.74) is 2.21. The highest BCUT2D eigenvalue weighted by molar-refractivity contribution is 6.39. The predicted molar refractivity (Wildman–Crippen MR) is 116 cm³/mol. The molecule has 0 aliphatic rings. The molecule has 148 valence electrons. The highest BCUT2D eigenvalue weighted by Gasteiger charge is 2.17. The summed E-state index contributed by atoms with van der Waals surface area (Å²) in [6.45, 7) is 7.63. The van der Waals surface area contributed by atoms with E-state index >= 15 is 0 Å². The summed E-state index contributed by atoms with van der Waals surface area (Å²) < 4.78 is 5.56. The average molecular weight is 432 g/mol. The van der Waals surface area contributed by atoms with Crippen molar-refractivity contribution in [1.82, 2.24) is 4.90 Å². The molecule has 0 heterocycles. The summed E-state index contributed by atoms with van der Waals surface area (Å²) in [6, 6.07) is 12.9. The van der Waals surface area contributed by atoms with Crippen molar-refractivity contribution in [2.75, 3.05) is 18.4 Å². The van der Waals surface area contributed by atoms with Gasteiger partial charge in [0, 0.05) is 5.69 Å². The Morgan fingerprint density at radius 1 is 1.07 bits per heavy atom. The fraction of sp³-hybridized carbons (Fsp3) is 0.350. The summed E-state index contributed by atoms with van der Waals surface area (Å²) >= 11 is 12.5. The monoisotopic (exact) mass is 430 g/mol. The van der Waals surface area contributed by atoms with Crippen molar-refractivity contribution in [1.29, 1.82) is 0 Å². The number of nitrogens with zero attached hydrogens (tertiary/aromatic N) is 1. The molecule has 0 spiro atoms. The first kappa shape index (κ1) is 23.6. The van der Waals surface area contributed by atoms with Crippen molar-refractivity contribution in [3.8, 4) is 0 Å². The highest BCUT2D eigenvalue weighted by atomic mass is 35.5. The first-order valence-corrected chi connectivity index (χ1v) is 9.44. The molecular formula is C20H25Cl3N2O2. The largest absolute Gasteiger partial charge is 0.446 e. The van der Waals surface area contributed by atoms with E-state index in [9.17, 15) is 4.79 Å². The Hall–Kier alpha value is -1.46. The van der Waals surface area contributed by atoms with E-state index in [-0.39, 0.29) is 31.0 Å². The Morgan fingerprint density at radius 2 is 1.67 bits per heavy atom. The Kier molecular flexibility index (Phi) is 9.95. The Morgan fingerprint density at radius 3 is 2.26 bits per heavy atom. The zero-order chi connectivity index (χ0) is 19.1. The third kappa shape index (κ3) is 6.58. The van der Waals surface area contributed by atoms with E-state index in [2.05, 4.69) is 10.2 Å². The molecule has 2 aromatic carbocycles. The third-order valence-corrected chi connectivity index (χ3v) is 4.83. The van der Waals surface area contributed by atoms with Crippen LogP contribution in [0.25, 0.3) is 0 Å². The number of para-hydroxylation sites is 2. The van der Waals surface area contributed by atoms with Crippen LogP contribution in [0.2, 0.25) is 10.0 Å². The van der Waals surface area contributed by atoms with Crippen LogP contribution in [0.1, 0.15) is 26.3 Å². The number of carbonyl (C=O) groups excluding carboxylic acids is 1. The molecular weight excluding hydrogens is 407 g/mol. The van der Waals surface area contributed by atoms with Gasteiger partial charge in [-0.1, -0.05) is 61.3 Å². The van der Waals surface area contributed by atoms with Crippen LogP contribution in [0.3, 0.4) is 0 Å². The lowest BCUT2D eigenvalue weighted by atomic mass is 10.1. The SMILES string of the molecule is CCN(CC)C(C)OC(=O)Cc1ccccc1Nc1c(Cl)cccc1Cl.Cl. The van der Waals surface area contributed by atoms with Gasteiger partial charge in [0.2, 0.25) is 0 Å². The maximum Gasteiger partial charge on any atom is 0.311 e. The van der Waals surface area contributed by atoms with E-state index in [4.69, 9.17) is 27.9 Å². The van der Waals surface area contributed by atoms with Crippen LogP contribution in [-0.2, 0) is 16.0 Å². The second-order valence-electron chi connectivity index (χ2n) is 5.87. The van der Waals surface area contributed by atoms with Gasteiger partial charge in [0.1, 0.15) is 0 Å². The maximum absolute atomic E-state index is 12.4. The van der Waals surface area contributed by atoms with Gasteiger partial charge in [-0.25, -0.2) is 0 Å². The van der Waals surface area contributed by atoms with Crippen LogP contribution < -0.4 is 5.32 Å². The summed E-state index contributed by atoms with van der Waals surface area (Å²) in [7, 11) is 0. The number of hydrogen-bond donors (Lipinski definition) is 1. The lowest BCUT2D eigenvalue weighted by molar-refractivity contribution is -0.156. The first-order valence-electron chi connectivity index (χ1n) is 8.68. The molecule has 0 bridgehead atoms. The van der Waals surface area contributed by atoms with E-state index in [0.717, 1.165) is 24.3 Å². The number of halogens is 3. The molecule has 0 fully saturated rings. The van der Waals surface area contributed by atoms with Crippen molar-refractivity contribution >= 4 is 53.0 Å². The standard InChI is InChI=1S/C20H24Cl2N2O2.ClH/c1-4-24(5-2)14(3)26-19(25)13-15-9-6-7-12-18(15)23-20-16(21)10-8-11-17(20)22;/h6-12,14,23H,4-5,13H2,1-3H3;1H. The molecule has 0 saturated heterocycles. The van der Waals surface area contributed by atoms with Gasteiger partial charge in [-0.2, -0.15) is 0 Å². The normalized spacial score (nSPS) is 11.6. The molecule has 2 rings (SSSR count). The Labute approximate surface area is 177 Å². The van der Waals surface area contributed by atoms with Crippen LogP contribution in [-0.4, -0.2) is 30.2 Å². The number of carbonyl (C=O) groups is 1. The van der Waals surface area contributed by atoms with Gasteiger partial charge < -0.3 is 10.1 Å². The molecule has 0 aromatic heterocycles. The fourth-order valence-electron chi connectivity index (χ4n) is 2.75. The third-order valence-electron chi connectivity index (χ3n) is 4.20. The number of anilines is 2. The zero-order valence-electron chi connectivity index (χ0n) is 15.7. The lowest BCUT2D eigenvalue weighted by Gasteiger charge is -2.26. The van der Waals surface area contributed by atoms with Crippen LogP contribution >= 0.6 is 35.6 Å². The van der Waals surface area contributed by atoms with Gasteiger partial charge in [0.25, 0.3) is 0 Å². The minimum absolute atomic E-state index is 0. The van der Waals surface area contributed by atoms with E-state index in [1.54, 1.807) is 18.2 Å². The zero-order valence-corrected chi connectivity index (χ0v) is 18.0. The average Bonchev–Trinajstić information content (AvgIpc) is 2.60. The minimum Gasteiger partial charge on any atom is -0.446 e. The smallest absolute Gasteiger partial charge is 0.311 e. The van der Waals surface area contributed by atoms with Crippen LogP contribution in [0, 0.1) is 0 Å². The van der Waals surface area contributed by atoms with E-state index in [0.29, 0.717) is 15.7 Å². The topological polar surface area (TPSA) is 41.6 Å². The molecule has 0 radical (unpaired) electrons. The number of nitrogens with one attached hydrogen (secondary N) is 1. The first-order chi connectivity index (χ1) is 12.5. The van der Waals surface area contributed by atoms with E-state index in [1.165, 1.54) is 0 Å². The van der Waals surface area contributed by atoms with Crippen LogP contribution in [0.5, 0.6) is 0 Å². The fourth-order valence-corrected chi connectivity index (χ4v) is 3.24. The van der Waals surface area contributed by atoms with Gasteiger partial charge in [0.05, 0.1) is 22.2 Å². The molecule has 1 N–H and O–H groups in total. The maximum atomic E-state index is 12.4. The number of benzene rings is 2. The van der Waals surface area contributed by atoms with Crippen LogP contribution in [0.15, 0.2) is 42.5 Å². The summed E-state index contributed by atoms with van der Waals surface area (Å²) in [5, 5.41) is 4.27. The Balaban J connectivity index is 0.00000364. The summed E-state index contributed by atoms with van der Waals surface area (Å²) in [4.78, 5) is 14.4. The van der Waals surface area contributed by atoms with E-state index < -0.39 is 0 Å². The molecule has 7 heteroatoms. The van der Waals surface area contributed by atoms with Crippen molar-refractivity contribution < 1.29 is 9.53 Å². The summed E-state index contributed by atoms with van der Waals surface area (Å²) in [5.74, 6) is -0.274.